The van der Waals surface area contributed by atoms with E-state index in [-0.39, 0.29) is 36.8 Å². The molecule has 0 spiro atoms. The molecule has 1 aromatic heterocycles. The van der Waals surface area contributed by atoms with Crippen LogP contribution in [0.3, 0.4) is 0 Å². The molecule has 1 aliphatic heterocycles. The van der Waals surface area contributed by atoms with Gasteiger partial charge in [-0.2, -0.15) is 0 Å². The van der Waals surface area contributed by atoms with Gasteiger partial charge in [-0.1, -0.05) is 26.7 Å². The molecule has 25 heavy (non-hydrogen) atoms. The summed E-state index contributed by atoms with van der Waals surface area (Å²) in [5.74, 6) is 1.39. The van der Waals surface area contributed by atoms with Crippen LogP contribution in [0.1, 0.15) is 56.3 Å². The van der Waals surface area contributed by atoms with E-state index in [1.807, 2.05) is 12.1 Å². The van der Waals surface area contributed by atoms with E-state index in [1.54, 1.807) is 6.20 Å². The first-order valence-electron chi connectivity index (χ1n) is 8.82. The van der Waals surface area contributed by atoms with Gasteiger partial charge in [0.2, 0.25) is 0 Å². The van der Waals surface area contributed by atoms with Gasteiger partial charge in [0.1, 0.15) is 5.82 Å². The van der Waals surface area contributed by atoms with E-state index in [1.165, 1.54) is 25.7 Å². The lowest BCUT2D eigenvalue weighted by molar-refractivity contribution is 0.0933. The van der Waals surface area contributed by atoms with Gasteiger partial charge >= 0.3 is 0 Å². The normalized spacial score (nSPS) is 15.6. The molecule has 0 bridgehead atoms. The first-order chi connectivity index (χ1) is 11.1. The predicted octanol–water partition coefficient (Wildman–Crippen LogP) is 3.41. The fraction of sp³-hybridized carbons (Fsp3) is 0.667. The van der Waals surface area contributed by atoms with E-state index in [0.29, 0.717) is 18.0 Å². The summed E-state index contributed by atoms with van der Waals surface area (Å²) in [4.78, 5) is 19.1. The van der Waals surface area contributed by atoms with Crippen molar-refractivity contribution in [2.75, 3.05) is 24.5 Å². The number of hydrogen-bond acceptors (Lipinski definition) is 4. The van der Waals surface area contributed by atoms with E-state index >= 15 is 0 Å². The fourth-order valence-corrected chi connectivity index (χ4v) is 3.06. The van der Waals surface area contributed by atoms with E-state index in [0.717, 1.165) is 25.3 Å². The lowest BCUT2D eigenvalue weighted by Crippen LogP contribution is -2.41. The van der Waals surface area contributed by atoms with Crippen molar-refractivity contribution in [2.24, 2.45) is 11.7 Å². The van der Waals surface area contributed by atoms with Crippen molar-refractivity contribution in [3.63, 3.8) is 0 Å². The highest BCUT2D eigenvalue weighted by molar-refractivity contribution is 5.94. The number of carbonyl (C=O) groups excluding carboxylic acids is 1. The molecule has 0 aliphatic carbocycles. The summed E-state index contributed by atoms with van der Waals surface area (Å²) in [7, 11) is 0. The Morgan fingerprint density at radius 3 is 2.32 bits per heavy atom. The van der Waals surface area contributed by atoms with Crippen LogP contribution in [-0.2, 0) is 0 Å². The number of anilines is 1. The minimum atomic E-state index is -0.0870. The number of nitrogens with two attached hydrogens (primary N) is 1. The molecule has 1 amide bonds. The molecule has 1 aliphatic rings. The van der Waals surface area contributed by atoms with Crippen molar-refractivity contribution < 1.29 is 4.79 Å². The summed E-state index contributed by atoms with van der Waals surface area (Å²) in [6, 6.07) is 3.85. The fourth-order valence-electron chi connectivity index (χ4n) is 3.06. The highest BCUT2D eigenvalue weighted by atomic mass is 35.5. The van der Waals surface area contributed by atoms with Gasteiger partial charge in [0.25, 0.3) is 5.91 Å². The molecular formula is C18H32Cl2N4O. The molecule has 0 radical (unpaired) electrons. The number of nitrogens with one attached hydrogen (secondary N) is 1. The molecule has 0 saturated carbocycles. The van der Waals surface area contributed by atoms with Gasteiger partial charge in [-0.3, -0.25) is 4.79 Å². The quantitative estimate of drug-likeness (QED) is 0.780. The Bertz CT molecular complexity index is 488. The van der Waals surface area contributed by atoms with Crippen LogP contribution >= 0.6 is 24.8 Å². The highest BCUT2D eigenvalue weighted by Gasteiger charge is 2.15. The van der Waals surface area contributed by atoms with Crippen molar-refractivity contribution in [1.29, 1.82) is 0 Å². The Balaban J connectivity index is 0.00000288. The molecule has 0 aromatic carbocycles. The van der Waals surface area contributed by atoms with Crippen LogP contribution in [-0.4, -0.2) is 36.6 Å². The minimum Gasteiger partial charge on any atom is -0.357 e. The first kappa shape index (κ1) is 24.0. The molecule has 2 rings (SSSR count). The van der Waals surface area contributed by atoms with E-state index in [2.05, 4.69) is 29.0 Å². The van der Waals surface area contributed by atoms with Crippen LogP contribution in [0, 0.1) is 5.92 Å². The Hall–Kier alpha value is -1.04. The second-order valence-corrected chi connectivity index (χ2v) is 6.84. The maximum Gasteiger partial charge on any atom is 0.253 e. The number of carbonyl (C=O) groups is 1. The highest BCUT2D eigenvalue weighted by Crippen LogP contribution is 2.17. The predicted molar refractivity (Wildman–Crippen MR) is 109 cm³/mol. The summed E-state index contributed by atoms with van der Waals surface area (Å²) in [5, 5.41) is 3.01. The summed E-state index contributed by atoms with van der Waals surface area (Å²) >= 11 is 0. The summed E-state index contributed by atoms with van der Waals surface area (Å²) in [6.45, 7) is 6.84. The Morgan fingerprint density at radius 2 is 1.84 bits per heavy atom. The molecule has 2 heterocycles. The zero-order chi connectivity index (χ0) is 16.7. The first-order valence-corrected chi connectivity index (χ1v) is 8.82. The molecular weight excluding hydrogens is 359 g/mol. The Kier molecular flexibility index (Phi) is 11.8. The Morgan fingerprint density at radius 1 is 1.20 bits per heavy atom. The van der Waals surface area contributed by atoms with Crippen LogP contribution in [0.5, 0.6) is 0 Å². The SMILES string of the molecule is CC(C)CC(CN)NC(=O)c1ccc(N2CCCCCC2)nc1.Cl.Cl. The smallest absolute Gasteiger partial charge is 0.253 e. The lowest BCUT2D eigenvalue weighted by atomic mass is 10.0. The summed E-state index contributed by atoms with van der Waals surface area (Å²) in [6.07, 6.45) is 7.61. The van der Waals surface area contributed by atoms with Gasteiger partial charge in [-0.05, 0) is 37.3 Å². The van der Waals surface area contributed by atoms with Gasteiger partial charge in [0.05, 0.1) is 5.56 Å². The van der Waals surface area contributed by atoms with Crippen molar-refractivity contribution in [2.45, 2.75) is 52.0 Å². The van der Waals surface area contributed by atoms with Gasteiger partial charge in [-0.15, -0.1) is 24.8 Å². The van der Waals surface area contributed by atoms with Crippen LogP contribution in [0.15, 0.2) is 18.3 Å². The maximum atomic E-state index is 12.3. The van der Waals surface area contributed by atoms with Crippen LogP contribution in [0.25, 0.3) is 0 Å². The molecule has 1 unspecified atom stereocenters. The van der Waals surface area contributed by atoms with Crippen molar-refractivity contribution in [3.05, 3.63) is 23.9 Å². The topological polar surface area (TPSA) is 71.2 Å². The molecule has 7 heteroatoms. The summed E-state index contributed by atoms with van der Waals surface area (Å²) in [5.41, 5.74) is 6.35. The number of nitrogens with zero attached hydrogens (tertiary/aromatic N) is 2. The van der Waals surface area contributed by atoms with Crippen molar-refractivity contribution in [1.82, 2.24) is 10.3 Å². The van der Waals surface area contributed by atoms with E-state index in [4.69, 9.17) is 5.73 Å². The molecule has 5 nitrogen and oxygen atoms in total. The van der Waals surface area contributed by atoms with Crippen LogP contribution in [0.2, 0.25) is 0 Å². The van der Waals surface area contributed by atoms with Gasteiger partial charge in [0, 0.05) is 31.9 Å². The zero-order valence-electron chi connectivity index (χ0n) is 15.2. The number of amides is 1. The lowest BCUT2D eigenvalue weighted by Gasteiger charge is -2.22. The average Bonchev–Trinajstić information content (AvgIpc) is 2.83. The van der Waals surface area contributed by atoms with Gasteiger partial charge < -0.3 is 16.0 Å². The standard InChI is InChI=1S/C18H30N4O.2ClH/c1-14(2)11-16(12-19)21-18(23)15-7-8-17(20-13-15)22-9-5-3-4-6-10-22;;/h7-8,13-14,16H,3-6,9-12,19H2,1-2H3,(H,21,23);2*1H. The van der Waals surface area contributed by atoms with Crippen molar-refractivity contribution in [3.8, 4) is 0 Å². The minimum absolute atomic E-state index is 0. The monoisotopic (exact) mass is 390 g/mol. The molecule has 3 N–H and O–H groups in total. The summed E-state index contributed by atoms with van der Waals surface area (Å²) < 4.78 is 0. The third-order valence-electron chi connectivity index (χ3n) is 4.32. The molecule has 1 aromatic rings. The Labute approximate surface area is 164 Å². The number of rotatable bonds is 6. The van der Waals surface area contributed by atoms with E-state index in [9.17, 15) is 4.79 Å². The largest absolute Gasteiger partial charge is 0.357 e. The molecule has 1 saturated heterocycles. The van der Waals surface area contributed by atoms with Crippen LogP contribution in [0.4, 0.5) is 5.82 Å². The van der Waals surface area contributed by atoms with Crippen LogP contribution < -0.4 is 16.0 Å². The molecule has 144 valence electrons. The van der Waals surface area contributed by atoms with Crippen molar-refractivity contribution >= 4 is 36.5 Å². The number of pyridine rings is 1. The third kappa shape index (κ3) is 7.80. The van der Waals surface area contributed by atoms with E-state index < -0.39 is 0 Å². The average molecular weight is 391 g/mol. The second-order valence-electron chi connectivity index (χ2n) is 6.84. The maximum absolute atomic E-state index is 12.3. The van der Waals surface area contributed by atoms with Gasteiger partial charge in [-0.25, -0.2) is 4.98 Å². The zero-order valence-corrected chi connectivity index (χ0v) is 16.9. The molecule has 1 fully saturated rings. The number of halogens is 2. The molecule has 1 atom stereocenters. The number of hydrogen-bond donors (Lipinski definition) is 2. The number of aromatic nitrogens is 1. The van der Waals surface area contributed by atoms with Gasteiger partial charge in [0.15, 0.2) is 0 Å². The third-order valence-corrected chi connectivity index (χ3v) is 4.32. The second kappa shape index (κ2) is 12.3.